The van der Waals surface area contributed by atoms with Gasteiger partial charge in [0.05, 0.1) is 12.2 Å². The predicted octanol–water partition coefficient (Wildman–Crippen LogP) is 2.66. The SMILES string of the molecule is CCOC(=O)c1ccc(C)c2c1CCC2. The van der Waals surface area contributed by atoms with Crippen molar-refractivity contribution >= 4 is 5.97 Å². The molecular formula is C13H16O2. The van der Waals surface area contributed by atoms with Crippen LogP contribution in [0.25, 0.3) is 0 Å². The zero-order chi connectivity index (χ0) is 10.8. The lowest BCUT2D eigenvalue weighted by atomic mass is 9.99. The molecule has 0 saturated heterocycles. The summed E-state index contributed by atoms with van der Waals surface area (Å²) in [5.74, 6) is -0.171. The second kappa shape index (κ2) is 4.05. The first-order chi connectivity index (χ1) is 7.24. The van der Waals surface area contributed by atoms with Crippen molar-refractivity contribution in [1.29, 1.82) is 0 Å². The van der Waals surface area contributed by atoms with E-state index in [-0.39, 0.29) is 5.97 Å². The van der Waals surface area contributed by atoms with Gasteiger partial charge in [-0.2, -0.15) is 0 Å². The van der Waals surface area contributed by atoms with Crippen LogP contribution >= 0.6 is 0 Å². The van der Waals surface area contributed by atoms with E-state index < -0.39 is 0 Å². The molecule has 0 aliphatic heterocycles. The summed E-state index contributed by atoms with van der Waals surface area (Å²) in [5, 5.41) is 0. The van der Waals surface area contributed by atoms with E-state index in [4.69, 9.17) is 4.74 Å². The number of aryl methyl sites for hydroxylation is 1. The zero-order valence-electron chi connectivity index (χ0n) is 9.30. The van der Waals surface area contributed by atoms with Gasteiger partial charge >= 0.3 is 5.97 Å². The van der Waals surface area contributed by atoms with Crippen molar-refractivity contribution in [2.45, 2.75) is 33.1 Å². The maximum Gasteiger partial charge on any atom is 0.338 e. The first kappa shape index (κ1) is 10.2. The van der Waals surface area contributed by atoms with Crippen molar-refractivity contribution in [2.75, 3.05) is 6.61 Å². The molecule has 0 N–H and O–H groups in total. The summed E-state index contributed by atoms with van der Waals surface area (Å²) in [6, 6.07) is 3.92. The average Bonchev–Trinajstić information content (AvgIpc) is 2.68. The Bertz CT molecular complexity index is 394. The number of hydrogen-bond donors (Lipinski definition) is 0. The molecule has 1 aromatic carbocycles. The molecule has 2 nitrogen and oxygen atoms in total. The minimum atomic E-state index is -0.171. The summed E-state index contributed by atoms with van der Waals surface area (Å²) in [6.07, 6.45) is 3.28. The maximum absolute atomic E-state index is 11.7. The minimum absolute atomic E-state index is 0.171. The minimum Gasteiger partial charge on any atom is -0.462 e. The predicted molar refractivity (Wildman–Crippen MR) is 59.2 cm³/mol. The fraction of sp³-hybridized carbons (Fsp3) is 0.462. The molecule has 15 heavy (non-hydrogen) atoms. The molecule has 0 amide bonds. The van der Waals surface area contributed by atoms with Gasteiger partial charge in [0.2, 0.25) is 0 Å². The van der Waals surface area contributed by atoms with E-state index in [9.17, 15) is 4.79 Å². The monoisotopic (exact) mass is 204 g/mol. The van der Waals surface area contributed by atoms with E-state index in [2.05, 4.69) is 6.92 Å². The second-order valence-electron chi connectivity index (χ2n) is 3.96. The fourth-order valence-corrected chi connectivity index (χ4v) is 2.29. The van der Waals surface area contributed by atoms with Gasteiger partial charge in [0.15, 0.2) is 0 Å². The lowest BCUT2D eigenvalue weighted by Crippen LogP contribution is -2.08. The van der Waals surface area contributed by atoms with Crippen LogP contribution in [0.4, 0.5) is 0 Å². The number of fused-ring (bicyclic) bond motifs is 1. The Hall–Kier alpha value is -1.31. The molecule has 0 bridgehead atoms. The Balaban J connectivity index is 2.41. The van der Waals surface area contributed by atoms with Crippen LogP contribution in [-0.2, 0) is 17.6 Å². The third-order valence-corrected chi connectivity index (χ3v) is 3.01. The quantitative estimate of drug-likeness (QED) is 0.692. The maximum atomic E-state index is 11.7. The van der Waals surface area contributed by atoms with Crippen molar-refractivity contribution < 1.29 is 9.53 Å². The molecule has 0 aromatic heterocycles. The summed E-state index contributed by atoms with van der Waals surface area (Å²) in [4.78, 5) is 11.7. The Labute approximate surface area is 90.3 Å². The highest BCUT2D eigenvalue weighted by molar-refractivity contribution is 5.91. The van der Waals surface area contributed by atoms with Crippen LogP contribution in [0, 0.1) is 6.92 Å². The number of benzene rings is 1. The molecule has 0 fully saturated rings. The van der Waals surface area contributed by atoms with Gasteiger partial charge in [-0.1, -0.05) is 6.07 Å². The van der Waals surface area contributed by atoms with Crippen molar-refractivity contribution in [1.82, 2.24) is 0 Å². The molecule has 1 aliphatic rings. The highest BCUT2D eigenvalue weighted by Gasteiger charge is 2.20. The standard InChI is InChI=1S/C13H16O2/c1-3-15-13(14)12-8-7-9(2)10-5-4-6-11(10)12/h7-8H,3-6H2,1-2H3. The molecule has 1 aromatic rings. The van der Waals surface area contributed by atoms with Gasteiger partial charge in [-0.15, -0.1) is 0 Å². The summed E-state index contributed by atoms with van der Waals surface area (Å²) in [5.41, 5.74) is 4.65. The van der Waals surface area contributed by atoms with Crippen molar-refractivity contribution in [2.24, 2.45) is 0 Å². The molecule has 0 heterocycles. The summed E-state index contributed by atoms with van der Waals surface area (Å²) >= 11 is 0. The summed E-state index contributed by atoms with van der Waals surface area (Å²) in [7, 11) is 0. The second-order valence-corrected chi connectivity index (χ2v) is 3.96. The molecular weight excluding hydrogens is 188 g/mol. The zero-order valence-corrected chi connectivity index (χ0v) is 9.30. The Morgan fingerprint density at radius 1 is 1.33 bits per heavy atom. The highest BCUT2D eigenvalue weighted by atomic mass is 16.5. The van der Waals surface area contributed by atoms with E-state index in [1.165, 1.54) is 16.7 Å². The largest absolute Gasteiger partial charge is 0.462 e. The third kappa shape index (κ3) is 1.76. The first-order valence-corrected chi connectivity index (χ1v) is 5.52. The molecule has 2 heteroatoms. The van der Waals surface area contributed by atoms with Gasteiger partial charge in [-0.25, -0.2) is 4.79 Å². The molecule has 0 atom stereocenters. The van der Waals surface area contributed by atoms with Crippen molar-refractivity contribution in [3.8, 4) is 0 Å². The first-order valence-electron chi connectivity index (χ1n) is 5.52. The number of carbonyl (C=O) groups is 1. The summed E-state index contributed by atoms with van der Waals surface area (Å²) < 4.78 is 5.05. The number of carbonyl (C=O) groups excluding carboxylic acids is 1. The van der Waals surface area contributed by atoms with E-state index in [0.29, 0.717) is 6.61 Å². The Kier molecular flexibility index (Phi) is 2.76. The van der Waals surface area contributed by atoms with Crippen LogP contribution in [-0.4, -0.2) is 12.6 Å². The van der Waals surface area contributed by atoms with E-state index in [1.54, 1.807) is 0 Å². The van der Waals surface area contributed by atoms with Crippen LogP contribution in [0.2, 0.25) is 0 Å². The summed E-state index contributed by atoms with van der Waals surface area (Å²) in [6.45, 7) is 4.40. The lowest BCUT2D eigenvalue weighted by Gasteiger charge is -2.09. The van der Waals surface area contributed by atoms with Crippen molar-refractivity contribution in [3.63, 3.8) is 0 Å². The Morgan fingerprint density at radius 3 is 2.80 bits per heavy atom. The normalized spacial score (nSPS) is 13.7. The topological polar surface area (TPSA) is 26.3 Å². The van der Waals surface area contributed by atoms with Gasteiger partial charge in [0.25, 0.3) is 0 Å². The number of ether oxygens (including phenoxy) is 1. The number of rotatable bonds is 2. The van der Waals surface area contributed by atoms with Crippen LogP contribution in [0.1, 0.15) is 40.4 Å². The van der Waals surface area contributed by atoms with E-state index in [1.807, 2.05) is 19.1 Å². The van der Waals surface area contributed by atoms with Crippen LogP contribution in [0.3, 0.4) is 0 Å². The molecule has 0 radical (unpaired) electrons. The van der Waals surface area contributed by atoms with E-state index >= 15 is 0 Å². The molecule has 1 aliphatic carbocycles. The van der Waals surface area contributed by atoms with Gasteiger partial charge in [0, 0.05) is 0 Å². The fourth-order valence-electron chi connectivity index (χ4n) is 2.29. The smallest absolute Gasteiger partial charge is 0.338 e. The van der Waals surface area contributed by atoms with Gasteiger partial charge in [-0.3, -0.25) is 0 Å². The third-order valence-electron chi connectivity index (χ3n) is 3.01. The number of esters is 1. The lowest BCUT2D eigenvalue weighted by molar-refractivity contribution is 0.0525. The Morgan fingerprint density at radius 2 is 2.07 bits per heavy atom. The van der Waals surface area contributed by atoms with Crippen LogP contribution in [0.5, 0.6) is 0 Å². The average molecular weight is 204 g/mol. The molecule has 0 saturated carbocycles. The van der Waals surface area contributed by atoms with Gasteiger partial charge < -0.3 is 4.74 Å². The van der Waals surface area contributed by atoms with Crippen LogP contribution in [0.15, 0.2) is 12.1 Å². The highest BCUT2D eigenvalue weighted by Crippen LogP contribution is 2.28. The van der Waals surface area contributed by atoms with Gasteiger partial charge in [-0.05, 0) is 55.9 Å². The molecule has 80 valence electrons. The number of hydrogen-bond acceptors (Lipinski definition) is 2. The van der Waals surface area contributed by atoms with Crippen molar-refractivity contribution in [3.05, 3.63) is 34.4 Å². The molecule has 0 spiro atoms. The van der Waals surface area contributed by atoms with Gasteiger partial charge in [0.1, 0.15) is 0 Å². The van der Waals surface area contributed by atoms with E-state index in [0.717, 1.165) is 24.8 Å². The van der Waals surface area contributed by atoms with Crippen LogP contribution < -0.4 is 0 Å². The molecule has 2 rings (SSSR count). The molecule has 0 unspecified atom stereocenters.